The molecule has 0 aromatic carbocycles. The number of aromatic nitrogens is 2. The second-order valence-corrected chi connectivity index (χ2v) is 4.64. The maximum Gasteiger partial charge on any atom is 0.223 e. The molecule has 2 heterocycles. The highest BCUT2D eigenvalue weighted by atomic mass is 16.5. The van der Waals surface area contributed by atoms with Crippen molar-refractivity contribution in [3.05, 3.63) is 11.7 Å². The molecule has 1 N–H and O–H groups in total. The Hall–Kier alpha value is -0.940. The van der Waals surface area contributed by atoms with Gasteiger partial charge in [0.25, 0.3) is 0 Å². The van der Waals surface area contributed by atoms with Crippen molar-refractivity contribution < 1.29 is 4.52 Å². The van der Waals surface area contributed by atoms with E-state index >= 15 is 0 Å². The van der Waals surface area contributed by atoms with E-state index in [2.05, 4.69) is 34.2 Å². The summed E-state index contributed by atoms with van der Waals surface area (Å²) in [5, 5.41) is 7.32. The Morgan fingerprint density at radius 2 is 2.33 bits per heavy atom. The molecule has 0 aliphatic carbocycles. The van der Waals surface area contributed by atoms with Crippen LogP contribution in [0.5, 0.6) is 0 Å². The Labute approximate surface area is 89.8 Å². The molecule has 1 aromatic rings. The third kappa shape index (κ3) is 2.35. The number of rotatable bonds is 2. The summed E-state index contributed by atoms with van der Waals surface area (Å²) in [6.45, 7) is 10.1. The van der Waals surface area contributed by atoms with E-state index < -0.39 is 0 Å². The molecular weight excluding hydrogens is 192 g/mol. The van der Waals surface area contributed by atoms with Gasteiger partial charge in [0.05, 0.1) is 6.54 Å². The van der Waals surface area contributed by atoms with E-state index in [1.54, 1.807) is 0 Å². The standard InChI is InChI=1S/C10H18N4O/c1-8-12-9(13-15-8)6-14-5-4-11-7-10(14,2)3/h11H,4-7H2,1-3H3. The van der Waals surface area contributed by atoms with Gasteiger partial charge in [-0.25, -0.2) is 0 Å². The average Bonchev–Trinajstić information content (AvgIpc) is 2.55. The van der Waals surface area contributed by atoms with Gasteiger partial charge in [0.2, 0.25) is 5.89 Å². The molecular formula is C10H18N4O. The summed E-state index contributed by atoms with van der Waals surface area (Å²) in [4.78, 5) is 6.61. The van der Waals surface area contributed by atoms with Crippen LogP contribution in [-0.4, -0.2) is 40.2 Å². The summed E-state index contributed by atoms with van der Waals surface area (Å²) in [6.07, 6.45) is 0. The minimum atomic E-state index is 0.160. The molecule has 1 aromatic heterocycles. The molecule has 1 aliphatic heterocycles. The molecule has 0 saturated carbocycles. The minimum Gasteiger partial charge on any atom is -0.340 e. The van der Waals surface area contributed by atoms with Gasteiger partial charge >= 0.3 is 0 Å². The molecule has 0 spiro atoms. The van der Waals surface area contributed by atoms with Crippen LogP contribution in [0.1, 0.15) is 25.6 Å². The number of nitrogens with zero attached hydrogens (tertiary/aromatic N) is 3. The zero-order valence-corrected chi connectivity index (χ0v) is 9.58. The highest BCUT2D eigenvalue weighted by Gasteiger charge is 2.30. The molecule has 0 radical (unpaired) electrons. The smallest absolute Gasteiger partial charge is 0.223 e. The Kier molecular flexibility index (Phi) is 2.75. The zero-order chi connectivity index (χ0) is 10.9. The Morgan fingerprint density at radius 1 is 1.53 bits per heavy atom. The van der Waals surface area contributed by atoms with Crippen molar-refractivity contribution in [3.63, 3.8) is 0 Å². The van der Waals surface area contributed by atoms with E-state index in [0.29, 0.717) is 5.89 Å². The minimum absolute atomic E-state index is 0.160. The third-order valence-electron chi connectivity index (χ3n) is 2.87. The number of hydrogen-bond acceptors (Lipinski definition) is 5. The lowest BCUT2D eigenvalue weighted by Gasteiger charge is -2.42. The van der Waals surface area contributed by atoms with Crippen LogP contribution >= 0.6 is 0 Å². The fraction of sp³-hybridized carbons (Fsp3) is 0.800. The maximum absolute atomic E-state index is 4.97. The SMILES string of the molecule is Cc1nc(CN2CCNCC2(C)C)no1. The summed E-state index contributed by atoms with van der Waals surface area (Å²) in [7, 11) is 0. The highest BCUT2D eigenvalue weighted by Crippen LogP contribution is 2.18. The molecule has 0 amide bonds. The molecule has 0 bridgehead atoms. The van der Waals surface area contributed by atoms with E-state index in [0.717, 1.165) is 32.0 Å². The van der Waals surface area contributed by atoms with Gasteiger partial charge in [0, 0.05) is 32.1 Å². The maximum atomic E-state index is 4.97. The lowest BCUT2D eigenvalue weighted by molar-refractivity contribution is 0.0791. The fourth-order valence-electron chi connectivity index (χ4n) is 1.89. The highest BCUT2D eigenvalue weighted by molar-refractivity contribution is 4.92. The van der Waals surface area contributed by atoms with Gasteiger partial charge in [-0.05, 0) is 13.8 Å². The first-order chi connectivity index (χ1) is 7.08. The number of hydrogen-bond donors (Lipinski definition) is 1. The van der Waals surface area contributed by atoms with Gasteiger partial charge in [-0.15, -0.1) is 0 Å². The van der Waals surface area contributed by atoms with E-state index in [4.69, 9.17) is 4.52 Å². The Bertz CT molecular complexity index is 334. The molecule has 1 fully saturated rings. The van der Waals surface area contributed by atoms with Crippen LogP contribution in [0.4, 0.5) is 0 Å². The number of piperazine rings is 1. The van der Waals surface area contributed by atoms with E-state index in [1.165, 1.54) is 0 Å². The van der Waals surface area contributed by atoms with Crippen LogP contribution in [0.2, 0.25) is 0 Å². The van der Waals surface area contributed by atoms with Gasteiger partial charge in [-0.1, -0.05) is 5.16 Å². The van der Waals surface area contributed by atoms with Crippen LogP contribution < -0.4 is 5.32 Å². The predicted octanol–water partition coefficient (Wildman–Crippen LogP) is 0.562. The molecule has 5 nitrogen and oxygen atoms in total. The van der Waals surface area contributed by atoms with Crippen molar-refractivity contribution in [2.45, 2.75) is 32.9 Å². The lowest BCUT2D eigenvalue weighted by Crippen LogP contribution is -2.57. The number of aryl methyl sites for hydroxylation is 1. The summed E-state index contributed by atoms with van der Waals surface area (Å²) < 4.78 is 4.97. The van der Waals surface area contributed by atoms with Crippen LogP contribution in [0.25, 0.3) is 0 Å². The van der Waals surface area contributed by atoms with Gasteiger partial charge in [-0.2, -0.15) is 4.98 Å². The van der Waals surface area contributed by atoms with E-state index in [1.807, 2.05) is 6.92 Å². The van der Waals surface area contributed by atoms with Crippen LogP contribution in [-0.2, 0) is 6.54 Å². The Morgan fingerprint density at radius 3 is 2.93 bits per heavy atom. The zero-order valence-electron chi connectivity index (χ0n) is 9.58. The van der Waals surface area contributed by atoms with Crippen LogP contribution in [0.3, 0.4) is 0 Å². The van der Waals surface area contributed by atoms with E-state index in [9.17, 15) is 0 Å². The molecule has 1 saturated heterocycles. The quantitative estimate of drug-likeness (QED) is 0.773. The van der Waals surface area contributed by atoms with Crippen molar-refractivity contribution in [2.24, 2.45) is 0 Å². The fourth-order valence-corrected chi connectivity index (χ4v) is 1.89. The normalized spacial score (nSPS) is 21.8. The molecule has 0 atom stereocenters. The first-order valence-corrected chi connectivity index (χ1v) is 5.33. The first-order valence-electron chi connectivity index (χ1n) is 5.33. The van der Waals surface area contributed by atoms with Gasteiger partial charge < -0.3 is 9.84 Å². The summed E-state index contributed by atoms with van der Waals surface area (Å²) in [5.74, 6) is 1.42. The average molecular weight is 210 g/mol. The molecule has 84 valence electrons. The van der Waals surface area contributed by atoms with Crippen molar-refractivity contribution in [2.75, 3.05) is 19.6 Å². The van der Waals surface area contributed by atoms with Crippen LogP contribution in [0, 0.1) is 6.92 Å². The first kappa shape index (κ1) is 10.6. The van der Waals surface area contributed by atoms with Gasteiger partial charge in [-0.3, -0.25) is 4.90 Å². The largest absolute Gasteiger partial charge is 0.340 e. The van der Waals surface area contributed by atoms with Gasteiger partial charge in [0.1, 0.15) is 0 Å². The van der Waals surface area contributed by atoms with E-state index in [-0.39, 0.29) is 5.54 Å². The monoisotopic (exact) mass is 210 g/mol. The summed E-state index contributed by atoms with van der Waals surface area (Å²) in [5.41, 5.74) is 0.160. The second kappa shape index (κ2) is 3.90. The molecule has 2 rings (SSSR count). The van der Waals surface area contributed by atoms with Crippen molar-refractivity contribution in [1.82, 2.24) is 20.4 Å². The molecule has 15 heavy (non-hydrogen) atoms. The summed E-state index contributed by atoms with van der Waals surface area (Å²) >= 11 is 0. The van der Waals surface area contributed by atoms with Gasteiger partial charge in [0.15, 0.2) is 5.82 Å². The molecule has 5 heteroatoms. The number of nitrogens with one attached hydrogen (secondary N) is 1. The summed E-state index contributed by atoms with van der Waals surface area (Å²) in [6, 6.07) is 0. The Balaban J connectivity index is 2.04. The van der Waals surface area contributed by atoms with Crippen molar-refractivity contribution in [3.8, 4) is 0 Å². The lowest BCUT2D eigenvalue weighted by atomic mass is 10.0. The predicted molar refractivity (Wildman–Crippen MR) is 56.4 cm³/mol. The molecule has 0 unspecified atom stereocenters. The third-order valence-corrected chi connectivity index (χ3v) is 2.87. The van der Waals surface area contributed by atoms with Crippen LogP contribution in [0.15, 0.2) is 4.52 Å². The topological polar surface area (TPSA) is 54.2 Å². The molecule has 1 aliphatic rings. The second-order valence-electron chi connectivity index (χ2n) is 4.64. The van der Waals surface area contributed by atoms with Crippen molar-refractivity contribution >= 4 is 0 Å². The van der Waals surface area contributed by atoms with Crippen molar-refractivity contribution in [1.29, 1.82) is 0 Å².